The SMILES string of the molecule is [2H]C([2H])([2H])NC(=O)c1nnc(Nc2ccccn2)cc1Nc1nccc(-c2ncn(C)n2)c1OC. The normalized spacial score (nSPS) is 12.2. The number of rotatable bonds is 7. The minimum Gasteiger partial charge on any atom is -0.492 e. The molecule has 0 fully saturated rings. The third-order valence-electron chi connectivity index (χ3n) is 4.25. The van der Waals surface area contributed by atoms with Crippen LogP contribution in [0, 0.1) is 0 Å². The smallest absolute Gasteiger partial charge is 0.273 e. The lowest BCUT2D eigenvalue weighted by Gasteiger charge is -2.15. The summed E-state index contributed by atoms with van der Waals surface area (Å²) in [5.41, 5.74) is 0.406. The summed E-state index contributed by atoms with van der Waals surface area (Å²) in [5, 5.41) is 20.1. The summed E-state index contributed by atoms with van der Waals surface area (Å²) in [5.74, 6) is 0.713. The topological polar surface area (TPSA) is 145 Å². The average molecular weight is 435 g/mol. The molecule has 4 heterocycles. The fraction of sp³-hybridized carbons (Fsp3) is 0.150. The van der Waals surface area contributed by atoms with Gasteiger partial charge in [-0.25, -0.2) is 15.0 Å². The predicted molar refractivity (Wildman–Crippen MR) is 117 cm³/mol. The molecule has 0 bridgehead atoms. The lowest BCUT2D eigenvalue weighted by molar-refractivity contribution is 0.0958. The van der Waals surface area contributed by atoms with Crippen molar-refractivity contribution in [3.8, 4) is 17.1 Å². The highest BCUT2D eigenvalue weighted by atomic mass is 16.5. The van der Waals surface area contributed by atoms with Gasteiger partial charge in [0.1, 0.15) is 12.1 Å². The van der Waals surface area contributed by atoms with E-state index in [0.29, 0.717) is 23.0 Å². The van der Waals surface area contributed by atoms with Crippen molar-refractivity contribution < 1.29 is 13.6 Å². The van der Waals surface area contributed by atoms with Crippen molar-refractivity contribution >= 4 is 29.0 Å². The molecule has 0 saturated heterocycles. The van der Waals surface area contributed by atoms with Crippen LogP contribution in [0.2, 0.25) is 0 Å². The molecule has 0 atom stereocenters. The Bertz CT molecular complexity index is 1340. The van der Waals surface area contributed by atoms with Crippen LogP contribution in [0.15, 0.2) is 49.1 Å². The molecule has 0 aliphatic carbocycles. The van der Waals surface area contributed by atoms with Crippen LogP contribution in [0.25, 0.3) is 11.4 Å². The zero-order chi connectivity index (χ0) is 25.0. The van der Waals surface area contributed by atoms with Crippen LogP contribution in [0.4, 0.5) is 23.1 Å². The van der Waals surface area contributed by atoms with Gasteiger partial charge in [0.2, 0.25) is 0 Å². The number of carbonyl (C=O) groups is 1. The molecule has 0 unspecified atom stereocenters. The lowest BCUT2D eigenvalue weighted by atomic mass is 10.2. The van der Waals surface area contributed by atoms with E-state index in [1.807, 2.05) is 5.32 Å². The molecular weight excluding hydrogens is 412 g/mol. The monoisotopic (exact) mass is 435 g/mol. The first-order valence-corrected chi connectivity index (χ1v) is 9.28. The van der Waals surface area contributed by atoms with E-state index in [-0.39, 0.29) is 23.0 Å². The van der Waals surface area contributed by atoms with Crippen LogP contribution < -0.4 is 20.7 Å². The van der Waals surface area contributed by atoms with Gasteiger partial charge in [0.05, 0.1) is 18.4 Å². The first-order valence-electron chi connectivity index (χ1n) is 10.8. The molecule has 4 aromatic heterocycles. The van der Waals surface area contributed by atoms with E-state index in [4.69, 9.17) is 8.85 Å². The molecule has 0 aromatic carbocycles. The summed E-state index contributed by atoms with van der Waals surface area (Å²) in [6.45, 7) is -2.72. The Labute approximate surface area is 187 Å². The summed E-state index contributed by atoms with van der Waals surface area (Å²) in [6, 6.07) is 8.42. The lowest BCUT2D eigenvalue weighted by Crippen LogP contribution is -2.21. The summed E-state index contributed by atoms with van der Waals surface area (Å²) >= 11 is 0. The van der Waals surface area contributed by atoms with Crippen LogP contribution in [0.3, 0.4) is 0 Å². The minimum absolute atomic E-state index is 0.122. The molecular formula is C20H20N10O2. The number of aryl methyl sites for hydroxylation is 1. The highest BCUT2D eigenvalue weighted by Gasteiger charge is 2.20. The van der Waals surface area contributed by atoms with Crippen molar-refractivity contribution in [1.82, 2.24) is 40.2 Å². The first kappa shape index (κ1) is 17.1. The second-order valence-electron chi connectivity index (χ2n) is 6.39. The van der Waals surface area contributed by atoms with Gasteiger partial charge in [-0.05, 0) is 18.2 Å². The maximum atomic E-state index is 12.7. The number of anilines is 4. The van der Waals surface area contributed by atoms with Crippen LogP contribution in [0.1, 0.15) is 14.6 Å². The Morgan fingerprint density at radius 3 is 2.72 bits per heavy atom. The Balaban J connectivity index is 1.75. The number of amides is 1. The molecule has 32 heavy (non-hydrogen) atoms. The van der Waals surface area contributed by atoms with Crippen LogP contribution in [-0.4, -0.2) is 54.9 Å². The van der Waals surface area contributed by atoms with E-state index in [9.17, 15) is 4.79 Å². The number of carbonyl (C=O) groups excluding carboxylic acids is 1. The number of pyridine rings is 2. The standard InChI is InChI=1S/C20H20N10O2/c1-21-20(31)16-13(10-15(27-28-16)26-14-6-4-5-8-22-14)25-19-17(32-3)12(7-9-23-19)18-24-11-30(2)29-18/h4-11H,1-3H3,(H,21,31)(H2,22,23,25,26,27)/i1D3. The molecule has 4 rings (SSSR count). The molecule has 12 nitrogen and oxygen atoms in total. The zero-order valence-corrected chi connectivity index (χ0v) is 17.1. The second-order valence-corrected chi connectivity index (χ2v) is 6.39. The highest BCUT2D eigenvalue weighted by Crippen LogP contribution is 2.35. The highest BCUT2D eigenvalue weighted by molar-refractivity contribution is 5.98. The molecule has 1 amide bonds. The number of ether oxygens (including phenoxy) is 1. The molecule has 12 heteroatoms. The van der Waals surface area contributed by atoms with Gasteiger partial charge in [0.25, 0.3) is 5.91 Å². The third-order valence-corrected chi connectivity index (χ3v) is 4.25. The quantitative estimate of drug-likeness (QED) is 0.393. The van der Waals surface area contributed by atoms with Gasteiger partial charge >= 0.3 is 0 Å². The fourth-order valence-corrected chi connectivity index (χ4v) is 2.85. The van der Waals surface area contributed by atoms with Crippen molar-refractivity contribution in [2.75, 3.05) is 24.7 Å². The Morgan fingerprint density at radius 1 is 1.09 bits per heavy atom. The van der Waals surface area contributed by atoms with Gasteiger partial charge in [-0.2, -0.15) is 5.10 Å². The molecule has 4 aromatic rings. The third kappa shape index (κ3) is 4.28. The number of methoxy groups -OCH3 is 1. The van der Waals surface area contributed by atoms with E-state index in [2.05, 4.69) is 40.9 Å². The number of hydrogen-bond acceptors (Lipinski definition) is 10. The van der Waals surface area contributed by atoms with Crippen LogP contribution in [0.5, 0.6) is 5.75 Å². The van der Waals surface area contributed by atoms with Crippen molar-refractivity contribution in [2.24, 2.45) is 7.05 Å². The molecule has 0 radical (unpaired) electrons. The Hall–Kier alpha value is -4.61. The summed E-state index contributed by atoms with van der Waals surface area (Å²) < 4.78 is 29.1. The molecule has 0 saturated carbocycles. The summed E-state index contributed by atoms with van der Waals surface area (Å²) in [7, 11) is 3.19. The van der Waals surface area contributed by atoms with E-state index in [1.54, 1.807) is 48.5 Å². The Kier molecular flexibility index (Phi) is 4.83. The van der Waals surface area contributed by atoms with E-state index in [1.165, 1.54) is 19.4 Å². The minimum atomic E-state index is -2.72. The van der Waals surface area contributed by atoms with Gasteiger partial charge in [-0.15, -0.1) is 10.2 Å². The number of nitrogens with one attached hydrogen (secondary N) is 3. The van der Waals surface area contributed by atoms with Crippen molar-refractivity contribution in [2.45, 2.75) is 0 Å². The number of hydrogen-bond donors (Lipinski definition) is 3. The molecule has 162 valence electrons. The van der Waals surface area contributed by atoms with Gasteiger partial charge in [0.15, 0.2) is 28.9 Å². The van der Waals surface area contributed by atoms with Gasteiger partial charge < -0.3 is 20.7 Å². The zero-order valence-electron chi connectivity index (χ0n) is 20.1. The predicted octanol–water partition coefficient (Wildman–Crippen LogP) is 1.92. The van der Waals surface area contributed by atoms with Crippen molar-refractivity contribution in [1.29, 1.82) is 0 Å². The largest absolute Gasteiger partial charge is 0.492 e. The molecule has 0 aliphatic heterocycles. The van der Waals surface area contributed by atoms with E-state index >= 15 is 0 Å². The maximum absolute atomic E-state index is 12.7. The second kappa shape index (κ2) is 9.04. The first-order chi connectivity index (χ1) is 16.7. The average Bonchev–Trinajstić information content (AvgIpc) is 3.24. The maximum Gasteiger partial charge on any atom is 0.273 e. The molecule has 0 spiro atoms. The number of nitrogens with zero attached hydrogens (tertiary/aromatic N) is 7. The molecule has 0 aliphatic rings. The number of aromatic nitrogens is 7. The summed E-state index contributed by atoms with van der Waals surface area (Å²) in [4.78, 5) is 25.4. The van der Waals surface area contributed by atoms with Gasteiger partial charge in [-0.3, -0.25) is 9.48 Å². The van der Waals surface area contributed by atoms with Crippen molar-refractivity contribution in [3.63, 3.8) is 0 Å². The summed E-state index contributed by atoms with van der Waals surface area (Å²) in [6.07, 6.45) is 4.65. The Morgan fingerprint density at radius 2 is 2.00 bits per heavy atom. The fourth-order valence-electron chi connectivity index (χ4n) is 2.85. The van der Waals surface area contributed by atoms with Crippen LogP contribution in [-0.2, 0) is 7.05 Å². The van der Waals surface area contributed by atoms with Gasteiger partial charge in [-0.1, -0.05) is 6.07 Å². The van der Waals surface area contributed by atoms with E-state index in [0.717, 1.165) is 0 Å². The van der Waals surface area contributed by atoms with Crippen molar-refractivity contribution in [3.05, 3.63) is 54.7 Å². The molecule has 3 N–H and O–H groups in total. The van der Waals surface area contributed by atoms with E-state index < -0.39 is 12.9 Å². The van der Waals surface area contributed by atoms with Gasteiger partial charge in [0, 0.05) is 36.6 Å². The van der Waals surface area contributed by atoms with Crippen LogP contribution >= 0.6 is 0 Å².